The second kappa shape index (κ2) is 9.46. The molecule has 2 aliphatic heterocycles. The number of nitrogens with zero attached hydrogens (tertiary/aromatic N) is 4. The van der Waals surface area contributed by atoms with E-state index in [-0.39, 0.29) is 11.9 Å². The van der Waals surface area contributed by atoms with Crippen molar-refractivity contribution in [3.05, 3.63) is 53.5 Å². The molecule has 4 aromatic rings. The Hall–Kier alpha value is -4.18. The van der Waals surface area contributed by atoms with Gasteiger partial charge >= 0.3 is 0 Å². The fraction of sp³-hybridized carbons (Fsp3) is 0.308. The minimum Gasteiger partial charge on any atom is -0.493 e. The van der Waals surface area contributed by atoms with Crippen LogP contribution in [0.25, 0.3) is 34.3 Å². The number of fused-ring (bicyclic) bond motifs is 4. The summed E-state index contributed by atoms with van der Waals surface area (Å²) in [6.07, 6.45) is 8.97. The van der Waals surface area contributed by atoms with Gasteiger partial charge in [0.1, 0.15) is 5.75 Å². The summed E-state index contributed by atoms with van der Waals surface area (Å²) in [4.78, 5) is 19.7. The Balaban J connectivity index is 1.33. The Bertz CT molecular complexity index is 1440. The van der Waals surface area contributed by atoms with Crippen molar-refractivity contribution in [2.45, 2.75) is 18.9 Å². The average molecular weight is 486 g/mol. The zero-order valence-electron chi connectivity index (χ0n) is 20.0. The van der Waals surface area contributed by atoms with Crippen LogP contribution in [0.15, 0.2) is 36.7 Å². The molecule has 10 heteroatoms. The first-order valence-corrected chi connectivity index (χ1v) is 12.1. The van der Waals surface area contributed by atoms with E-state index in [1.807, 2.05) is 36.4 Å². The molecule has 3 aromatic heterocycles. The van der Waals surface area contributed by atoms with Crippen molar-refractivity contribution in [3.63, 3.8) is 0 Å². The molecule has 1 aromatic carbocycles. The molecule has 0 saturated carbocycles. The van der Waals surface area contributed by atoms with Crippen LogP contribution in [-0.2, 0) is 0 Å². The predicted octanol–water partition coefficient (Wildman–Crippen LogP) is 3.11. The van der Waals surface area contributed by atoms with E-state index in [2.05, 4.69) is 42.6 Å². The number of hydrogen-bond acceptors (Lipinski definition) is 7. The Morgan fingerprint density at radius 1 is 1.14 bits per heavy atom. The Morgan fingerprint density at radius 2 is 2.06 bits per heavy atom. The van der Waals surface area contributed by atoms with E-state index in [0.29, 0.717) is 36.8 Å². The van der Waals surface area contributed by atoms with Crippen LogP contribution in [0.1, 0.15) is 34.5 Å². The zero-order chi connectivity index (χ0) is 24.5. The molecule has 5 heterocycles. The van der Waals surface area contributed by atoms with E-state index < -0.39 is 0 Å². The van der Waals surface area contributed by atoms with Crippen molar-refractivity contribution in [2.24, 2.45) is 0 Å². The van der Waals surface area contributed by atoms with Crippen LogP contribution >= 0.6 is 0 Å². The summed E-state index contributed by atoms with van der Waals surface area (Å²) in [5.41, 5.74) is 4.58. The Labute approximate surface area is 207 Å². The van der Waals surface area contributed by atoms with Crippen LogP contribution in [-0.4, -0.2) is 75.6 Å². The fourth-order valence-corrected chi connectivity index (χ4v) is 4.62. The third kappa shape index (κ3) is 4.42. The van der Waals surface area contributed by atoms with Crippen molar-refractivity contribution < 1.29 is 14.3 Å². The van der Waals surface area contributed by atoms with Crippen LogP contribution in [0.4, 0.5) is 0 Å². The molecule has 10 nitrogen and oxygen atoms in total. The Kier molecular flexibility index (Phi) is 5.86. The number of nitrogens with one attached hydrogen (secondary N) is 3. The number of carbonyl (C=O) groups excluding carboxylic acids is 1. The van der Waals surface area contributed by atoms with Gasteiger partial charge in [-0.05, 0) is 50.4 Å². The minimum atomic E-state index is -0.0880. The Morgan fingerprint density at radius 3 is 2.94 bits per heavy atom. The summed E-state index contributed by atoms with van der Waals surface area (Å²) in [6, 6.07) is 7.69. The monoisotopic (exact) mass is 485 g/mol. The number of likely N-dealkylation sites (tertiary alicyclic amines) is 1. The molecule has 36 heavy (non-hydrogen) atoms. The highest BCUT2D eigenvalue weighted by Gasteiger charge is 2.22. The second-order valence-corrected chi connectivity index (χ2v) is 9.19. The number of ether oxygens (including phenoxy) is 2. The lowest BCUT2D eigenvalue weighted by Gasteiger charge is -2.15. The molecule has 6 rings (SSSR count). The maximum atomic E-state index is 12.9. The molecule has 1 fully saturated rings. The largest absolute Gasteiger partial charge is 0.493 e. The van der Waals surface area contributed by atoms with E-state index >= 15 is 0 Å². The van der Waals surface area contributed by atoms with Gasteiger partial charge in [-0.25, -0.2) is 5.10 Å². The van der Waals surface area contributed by atoms with Crippen molar-refractivity contribution in [2.75, 3.05) is 33.4 Å². The number of hydrogen-bond donors (Lipinski definition) is 3. The molecule has 1 unspecified atom stereocenters. The first-order valence-electron chi connectivity index (χ1n) is 12.1. The smallest absolute Gasteiger partial charge is 0.251 e. The fourth-order valence-electron chi connectivity index (χ4n) is 4.62. The summed E-state index contributed by atoms with van der Waals surface area (Å²) < 4.78 is 12.1. The van der Waals surface area contributed by atoms with E-state index in [0.717, 1.165) is 52.9 Å². The molecule has 0 radical (unpaired) electrons. The molecule has 2 aliphatic rings. The lowest BCUT2D eigenvalue weighted by atomic mass is 10.1. The SMILES string of the molecule is CN1CCC(NC(=O)c2ccc3c(c2)OCCCOc2[nH]ncc2-c2cc4c(n[nH]c4cn2)/C=C/3)C1. The first-order chi connectivity index (χ1) is 17.6. The summed E-state index contributed by atoms with van der Waals surface area (Å²) in [7, 11) is 2.07. The molecule has 0 aliphatic carbocycles. The van der Waals surface area contributed by atoms with Gasteiger partial charge in [0.25, 0.3) is 5.91 Å². The van der Waals surface area contributed by atoms with E-state index in [9.17, 15) is 4.79 Å². The highest BCUT2D eigenvalue weighted by molar-refractivity contribution is 5.96. The number of benzene rings is 1. The van der Waals surface area contributed by atoms with Crippen LogP contribution in [0.2, 0.25) is 0 Å². The average Bonchev–Trinajstić information content (AvgIpc) is 3.62. The number of pyridine rings is 1. The van der Waals surface area contributed by atoms with Gasteiger partial charge in [-0.3, -0.25) is 14.9 Å². The normalized spacial score (nSPS) is 19.0. The van der Waals surface area contributed by atoms with Gasteiger partial charge in [-0.1, -0.05) is 6.07 Å². The molecule has 1 atom stereocenters. The molecule has 1 saturated heterocycles. The third-order valence-electron chi connectivity index (χ3n) is 6.57. The molecule has 0 spiro atoms. The van der Waals surface area contributed by atoms with Crippen molar-refractivity contribution in [1.82, 2.24) is 35.6 Å². The highest BCUT2D eigenvalue weighted by Crippen LogP contribution is 2.30. The minimum absolute atomic E-state index is 0.0880. The van der Waals surface area contributed by atoms with Crippen molar-refractivity contribution >= 4 is 29.0 Å². The van der Waals surface area contributed by atoms with Gasteiger partial charge < -0.3 is 19.7 Å². The van der Waals surface area contributed by atoms with Crippen LogP contribution in [0.3, 0.4) is 0 Å². The highest BCUT2D eigenvalue weighted by atomic mass is 16.5. The van der Waals surface area contributed by atoms with Crippen LogP contribution in [0.5, 0.6) is 11.6 Å². The van der Waals surface area contributed by atoms with Gasteiger partial charge in [0.2, 0.25) is 5.88 Å². The number of carbonyl (C=O) groups is 1. The van der Waals surface area contributed by atoms with E-state index in [1.165, 1.54) is 0 Å². The summed E-state index contributed by atoms with van der Waals surface area (Å²) in [5, 5.41) is 18.6. The number of aromatic amines is 2. The maximum Gasteiger partial charge on any atom is 0.251 e. The van der Waals surface area contributed by atoms with Gasteiger partial charge in [0.15, 0.2) is 0 Å². The third-order valence-corrected chi connectivity index (χ3v) is 6.57. The van der Waals surface area contributed by atoms with Crippen LogP contribution in [0, 0.1) is 0 Å². The van der Waals surface area contributed by atoms with E-state index in [4.69, 9.17) is 9.47 Å². The molecule has 1 amide bonds. The number of rotatable bonds is 2. The maximum absolute atomic E-state index is 12.9. The lowest BCUT2D eigenvalue weighted by Crippen LogP contribution is -2.36. The topological polar surface area (TPSA) is 121 Å². The van der Waals surface area contributed by atoms with Gasteiger partial charge in [-0.15, -0.1) is 0 Å². The molecule has 3 N–H and O–H groups in total. The van der Waals surface area contributed by atoms with Gasteiger partial charge in [0.05, 0.1) is 48.1 Å². The quantitative estimate of drug-likeness (QED) is 0.399. The van der Waals surface area contributed by atoms with Gasteiger partial charge in [-0.2, -0.15) is 10.2 Å². The standard InChI is InChI=1S/C26H27N7O3/c1-33-8-7-18(15-33)29-25(34)17-4-3-16-5-6-21-19-12-22(27-14-23(19)31-30-21)20-13-28-32-26(20)36-10-2-9-35-24(16)11-17/h3-6,11-14,18H,2,7-10,15H2,1H3,(H,28,32)(H,29,34)(H,30,31)/b6-5+. The van der Waals surface area contributed by atoms with Crippen molar-refractivity contribution in [1.29, 1.82) is 0 Å². The zero-order valence-corrected chi connectivity index (χ0v) is 20.0. The molecule has 184 valence electrons. The predicted molar refractivity (Wildman–Crippen MR) is 136 cm³/mol. The second-order valence-electron chi connectivity index (χ2n) is 9.19. The summed E-state index contributed by atoms with van der Waals surface area (Å²) >= 11 is 0. The van der Waals surface area contributed by atoms with Crippen LogP contribution < -0.4 is 14.8 Å². The molecule has 2 bridgehead atoms. The summed E-state index contributed by atoms with van der Waals surface area (Å²) in [5.74, 6) is 1.12. The number of H-pyrrole nitrogens is 2. The summed E-state index contributed by atoms with van der Waals surface area (Å²) in [6.45, 7) is 2.73. The molecular formula is C26H27N7O3. The lowest BCUT2D eigenvalue weighted by molar-refractivity contribution is 0.0938. The van der Waals surface area contributed by atoms with E-state index in [1.54, 1.807) is 12.4 Å². The van der Waals surface area contributed by atoms with Gasteiger partial charge in [0, 0.05) is 35.5 Å². The number of aromatic nitrogens is 5. The number of likely N-dealkylation sites (N-methyl/N-ethyl adjacent to an activating group) is 1. The van der Waals surface area contributed by atoms with Crippen molar-refractivity contribution in [3.8, 4) is 22.9 Å². The molecular weight excluding hydrogens is 458 g/mol. The first kappa shape index (κ1) is 22.3. The number of amides is 1.